The van der Waals surface area contributed by atoms with Crippen molar-refractivity contribution in [1.29, 1.82) is 5.26 Å². The molecule has 0 spiro atoms. The zero-order valence-corrected chi connectivity index (χ0v) is 8.28. The van der Waals surface area contributed by atoms with Crippen molar-refractivity contribution in [2.75, 3.05) is 14.2 Å². The Balaban J connectivity index is 3.00. The van der Waals surface area contributed by atoms with E-state index in [0.717, 1.165) is 5.56 Å². The predicted molar refractivity (Wildman–Crippen MR) is 51.3 cm³/mol. The van der Waals surface area contributed by atoms with E-state index < -0.39 is 0 Å². The van der Waals surface area contributed by atoms with Crippen molar-refractivity contribution < 1.29 is 9.47 Å². The molecule has 1 aromatic rings. The van der Waals surface area contributed by atoms with Gasteiger partial charge in [0.25, 0.3) is 0 Å². The van der Waals surface area contributed by atoms with Gasteiger partial charge in [0.1, 0.15) is 11.5 Å². The van der Waals surface area contributed by atoms with Crippen molar-refractivity contribution in [1.82, 2.24) is 4.98 Å². The third-order valence-corrected chi connectivity index (χ3v) is 1.91. The largest absolute Gasteiger partial charge is 0.495 e. The van der Waals surface area contributed by atoms with E-state index in [1.54, 1.807) is 26.6 Å². The van der Waals surface area contributed by atoms with Crippen molar-refractivity contribution in [2.45, 2.75) is 12.8 Å². The third-order valence-electron chi connectivity index (χ3n) is 1.91. The average Bonchev–Trinajstić information content (AvgIpc) is 2.25. The van der Waals surface area contributed by atoms with E-state index in [0.29, 0.717) is 24.3 Å². The number of hydrogen-bond acceptors (Lipinski definition) is 4. The summed E-state index contributed by atoms with van der Waals surface area (Å²) in [5, 5.41) is 8.51. The van der Waals surface area contributed by atoms with E-state index >= 15 is 0 Å². The van der Waals surface area contributed by atoms with Crippen molar-refractivity contribution in [3.63, 3.8) is 0 Å². The molecule has 0 amide bonds. The topological polar surface area (TPSA) is 55.1 Å². The molecule has 0 saturated heterocycles. The Bertz CT molecular complexity index is 322. The summed E-state index contributed by atoms with van der Waals surface area (Å²) in [7, 11) is 3.15. The van der Waals surface area contributed by atoms with Crippen LogP contribution in [0.25, 0.3) is 0 Å². The Morgan fingerprint density at radius 2 is 1.86 bits per heavy atom. The molecule has 4 nitrogen and oxygen atoms in total. The van der Waals surface area contributed by atoms with E-state index in [1.807, 2.05) is 0 Å². The van der Waals surface area contributed by atoms with Crippen LogP contribution in [-0.4, -0.2) is 19.2 Å². The number of ether oxygens (including phenoxy) is 2. The highest BCUT2D eigenvalue weighted by atomic mass is 16.5. The van der Waals surface area contributed by atoms with Crippen LogP contribution in [0.3, 0.4) is 0 Å². The molecule has 0 saturated carbocycles. The summed E-state index contributed by atoms with van der Waals surface area (Å²) in [4.78, 5) is 3.96. The lowest BCUT2D eigenvalue weighted by molar-refractivity contribution is 0.382. The van der Waals surface area contributed by atoms with Gasteiger partial charge in [-0.05, 0) is 6.42 Å². The van der Waals surface area contributed by atoms with Gasteiger partial charge in [-0.25, -0.2) is 0 Å². The molecule has 4 heteroatoms. The highest BCUT2D eigenvalue weighted by molar-refractivity contribution is 5.41. The van der Waals surface area contributed by atoms with E-state index in [1.165, 1.54) is 0 Å². The molecule has 14 heavy (non-hydrogen) atoms. The predicted octanol–water partition coefficient (Wildman–Crippen LogP) is 1.55. The molecule has 1 aromatic heterocycles. The number of methoxy groups -OCH3 is 2. The third kappa shape index (κ3) is 2.13. The fraction of sp³-hybridized carbons (Fsp3) is 0.400. The first-order chi connectivity index (χ1) is 6.83. The minimum Gasteiger partial charge on any atom is -0.495 e. The summed E-state index contributed by atoms with van der Waals surface area (Å²) in [6.45, 7) is 0. The number of nitrogens with zero attached hydrogens (tertiary/aromatic N) is 2. The second kappa shape index (κ2) is 5.07. The first-order valence-corrected chi connectivity index (χ1v) is 4.25. The molecule has 0 bridgehead atoms. The lowest BCUT2D eigenvalue weighted by Gasteiger charge is -2.10. The average molecular weight is 192 g/mol. The Morgan fingerprint density at radius 1 is 1.29 bits per heavy atom. The summed E-state index contributed by atoms with van der Waals surface area (Å²) in [5.74, 6) is 1.33. The molecule has 1 heterocycles. The molecule has 0 fully saturated rings. The van der Waals surface area contributed by atoms with Crippen LogP contribution in [0.2, 0.25) is 0 Å². The summed E-state index contributed by atoms with van der Waals surface area (Å²) in [5.41, 5.74) is 0.895. The quantitative estimate of drug-likeness (QED) is 0.726. The first-order valence-electron chi connectivity index (χ1n) is 4.25. The minimum absolute atomic E-state index is 0.441. The van der Waals surface area contributed by atoms with E-state index in [2.05, 4.69) is 11.1 Å². The second-order valence-electron chi connectivity index (χ2n) is 2.68. The SMILES string of the molecule is COc1cncc(OC)c1CCC#N. The van der Waals surface area contributed by atoms with Crippen LogP contribution >= 0.6 is 0 Å². The second-order valence-corrected chi connectivity index (χ2v) is 2.68. The van der Waals surface area contributed by atoms with Gasteiger partial charge >= 0.3 is 0 Å². The van der Waals surface area contributed by atoms with Gasteiger partial charge in [0.05, 0.1) is 32.7 Å². The molecular formula is C10H12N2O2. The Kier molecular flexibility index (Phi) is 3.74. The van der Waals surface area contributed by atoms with Crippen LogP contribution in [-0.2, 0) is 6.42 Å². The van der Waals surface area contributed by atoms with E-state index in [9.17, 15) is 0 Å². The molecule has 74 valence electrons. The lowest BCUT2D eigenvalue weighted by Crippen LogP contribution is -1.97. The molecule has 0 unspecified atom stereocenters. The maximum absolute atomic E-state index is 8.51. The van der Waals surface area contributed by atoms with Crippen LogP contribution < -0.4 is 9.47 Å². The first kappa shape index (κ1) is 10.3. The fourth-order valence-electron chi connectivity index (χ4n) is 1.23. The van der Waals surface area contributed by atoms with Gasteiger partial charge in [-0.1, -0.05) is 0 Å². The number of hydrogen-bond donors (Lipinski definition) is 0. The normalized spacial score (nSPS) is 9.21. The molecule has 1 rings (SSSR count). The fourth-order valence-corrected chi connectivity index (χ4v) is 1.23. The highest BCUT2D eigenvalue weighted by Crippen LogP contribution is 2.27. The summed E-state index contributed by atoms with van der Waals surface area (Å²) < 4.78 is 10.3. The minimum atomic E-state index is 0.441. The number of pyridine rings is 1. The molecule has 0 aliphatic rings. The molecular weight excluding hydrogens is 180 g/mol. The van der Waals surface area contributed by atoms with E-state index in [-0.39, 0.29) is 0 Å². The molecule has 0 radical (unpaired) electrons. The number of aromatic nitrogens is 1. The summed E-state index contributed by atoms with van der Waals surface area (Å²) in [6, 6.07) is 2.09. The van der Waals surface area contributed by atoms with Crippen LogP contribution in [0.1, 0.15) is 12.0 Å². The summed E-state index contributed by atoms with van der Waals surface area (Å²) >= 11 is 0. The molecule has 0 N–H and O–H groups in total. The zero-order valence-electron chi connectivity index (χ0n) is 8.28. The smallest absolute Gasteiger partial charge is 0.144 e. The number of rotatable bonds is 4. The molecule has 0 atom stereocenters. The van der Waals surface area contributed by atoms with Crippen molar-refractivity contribution in [3.05, 3.63) is 18.0 Å². The van der Waals surface area contributed by atoms with E-state index in [4.69, 9.17) is 14.7 Å². The van der Waals surface area contributed by atoms with Crippen LogP contribution in [0.5, 0.6) is 11.5 Å². The van der Waals surface area contributed by atoms with Gasteiger partial charge < -0.3 is 9.47 Å². The van der Waals surface area contributed by atoms with Crippen LogP contribution in [0.4, 0.5) is 0 Å². The Morgan fingerprint density at radius 3 is 2.29 bits per heavy atom. The van der Waals surface area contributed by atoms with Gasteiger partial charge in [-0.15, -0.1) is 0 Å². The number of nitriles is 1. The lowest BCUT2D eigenvalue weighted by atomic mass is 10.1. The standard InChI is InChI=1S/C10H12N2O2/c1-13-9-6-12-7-10(14-2)8(9)4-3-5-11/h6-7H,3-4H2,1-2H3. The van der Waals surface area contributed by atoms with Gasteiger partial charge in [0, 0.05) is 12.0 Å². The zero-order chi connectivity index (χ0) is 10.4. The van der Waals surface area contributed by atoms with Gasteiger partial charge in [-0.2, -0.15) is 5.26 Å². The maximum atomic E-state index is 8.51. The summed E-state index contributed by atoms with van der Waals surface area (Å²) in [6.07, 6.45) is 4.30. The van der Waals surface area contributed by atoms with Crippen molar-refractivity contribution in [2.24, 2.45) is 0 Å². The molecule has 0 aliphatic carbocycles. The van der Waals surface area contributed by atoms with Crippen LogP contribution in [0, 0.1) is 11.3 Å². The van der Waals surface area contributed by atoms with Crippen LogP contribution in [0.15, 0.2) is 12.4 Å². The monoisotopic (exact) mass is 192 g/mol. The van der Waals surface area contributed by atoms with Gasteiger partial charge in [0.2, 0.25) is 0 Å². The van der Waals surface area contributed by atoms with Crippen molar-refractivity contribution >= 4 is 0 Å². The maximum Gasteiger partial charge on any atom is 0.144 e. The Labute approximate surface area is 83.1 Å². The van der Waals surface area contributed by atoms with Crippen molar-refractivity contribution in [3.8, 4) is 17.6 Å². The Hall–Kier alpha value is -1.76. The molecule has 0 aliphatic heterocycles. The molecule has 0 aromatic carbocycles. The highest BCUT2D eigenvalue weighted by Gasteiger charge is 2.09. The van der Waals surface area contributed by atoms with Gasteiger partial charge in [0.15, 0.2) is 0 Å². The van der Waals surface area contributed by atoms with Gasteiger partial charge in [-0.3, -0.25) is 4.98 Å².